The van der Waals surface area contributed by atoms with Gasteiger partial charge in [0, 0.05) is 29.0 Å². The molecule has 23 heavy (non-hydrogen) atoms. The van der Waals surface area contributed by atoms with Crippen LogP contribution in [-0.2, 0) is 17.8 Å². The van der Waals surface area contributed by atoms with Crippen LogP contribution in [0.2, 0.25) is 0 Å². The number of rotatable bonds is 5. The minimum absolute atomic E-state index is 0.00602. The van der Waals surface area contributed by atoms with Gasteiger partial charge in [-0.15, -0.1) is 0 Å². The smallest absolute Gasteiger partial charge is 0.224 e. The van der Waals surface area contributed by atoms with E-state index >= 15 is 0 Å². The summed E-state index contributed by atoms with van der Waals surface area (Å²) >= 11 is 3.41. The van der Waals surface area contributed by atoms with E-state index in [4.69, 9.17) is 0 Å². The molecule has 0 bridgehead atoms. The van der Waals surface area contributed by atoms with Gasteiger partial charge in [0.2, 0.25) is 5.91 Å². The molecule has 0 saturated carbocycles. The summed E-state index contributed by atoms with van der Waals surface area (Å²) in [6, 6.07) is 15.8. The first-order chi connectivity index (χ1) is 11.2. The van der Waals surface area contributed by atoms with Crippen molar-refractivity contribution >= 4 is 21.8 Å². The van der Waals surface area contributed by atoms with Crippen LogP contribution in [0, 0.1) is 0 Å². The van der Waals surface area contributed by atoms with Crippen LogP contribution in [0.15, 0.2) is 65.4 Å². The second-order valence-corrected chi connectivity index (χ2v) is 6.14. The van der Waals surface area contributed by atoms with E-state index in [1.54, 1.807) is 12.4 Å². The fourth-order valence-electron chi connectivity index (χ4n) is 2.35. The molecule has 0 spiro atoms. The topological polar surface area (TPSA) is 57.8 Å². The van der Waals surface area contributed by atoms with Crippen molar-refractivity contribution in [1.82, 2.24) is 15.3 Å². The summed E-state index contributed by atoms with van der Waals surface area (Å²) in [5, 5.41) is 2.95. The molecule has 0 saturated heterocycles. The number of aromatic nitrogens is 2. The standard InChI is InChI=1S/C18H16BrN3O/c19-16-6-2-3-13(10-16)11-17(23)22-12-14-4-1-5-15(9-14)18-20-7-8-21-18/h1-10H,11-12H2,(H,20,21)(H,22,23). The molecule has 116 valence electrons. The predicted octanol–water partition coefficient (Wildman–Crippen LogP) is 3.70. The Balaban J connectivity index is 1.60. The number of benzene rings is 2. The lowest BCUT2D eigenvalue weighted by Crippen LogP contribution is -2.24. The van der Waals surface area contributed by atoms with Gasteiger partial charge in [-0.05, 0) is 29.3 Å². The van der Waals surface area contributed by atoms with Crippen LogP contribution in [0.5, 0.6) is 0 Å². The second kappa shape index (κ2) is 7.24. The number of imidazole rings is 1. The minimum Gasteiger partial charge on any atom is -0.352 e. The Morgan fingerprint density at radius 2 is 1.96 bits per heavy atom. The first kappa shape index (κ1) is 15.5. The summed E-state index contributed by atoms with van der Waals surface area (Å²) in [6.07, 6.45) is 3.89. The summed E-state index contributed by atoms with van der Waals surface area (Å²) in [4.78, 5) is 19.4. The third kappa shape index (κ3) is 4.29. The maximum Gasteiger partial charge on any atom is 0.224 e. The third-order valence-electron chi connectivity index (χ3n) is 3.44. The Labute approximate surface area is 143 Å². The normalized spacial score (nSPS) is 10.5. The van der Waals surface area contributed by atoms with Gasteiger partial charge in [-0.2, -0.15) is 0 Å². The van der Waals surface area contributed by atoms with Crippen molar-refractivity contribution in [2.45, 2.75) is 13.0 Å². The molecular formula is C18H16BrN3O. The highest BCUT2D eigenvalue weighted by atomic mass is 79.9. The Bertz CT molecular complexity index is 800. The predicted molar refractivity (Wildman–Crippen MR) is 93.7 cm³/mol. The van der Waals surface area contributed by atoms with Crippen molar-refractivity contribution in [3.05, 3.63) is 76.5 Å². The van der Waals surface area contributed by atoms with E-state index in [0.717, 1.165) is 27.0 Å². The number of H-pyrrole nitrogens is 1. The van der Waals surface area contributed by atoms with Crippen LogP contribution in [0.4, 0.5) is 0 Å². The SMILES string of the molecule is O=C(Cc1cccc(Br)c1)NCc1cccc(-c2ncc[nH]2)c1. The van der Waals surface area contributed by atoms with Crippen molar-refractivity contribution in [2.24, 2.45) is 0 Å². The number of nitrogens with zero attached hydrogens (tertiary/aromatic N) is 1. The van der Waals surface area contributed by atoms with Gasteiger partial charge in [0.1, 0.15) is 5.82 Å². The Kier molecular flexibility index (Phi) is 4.88. The van der Waals surface area contributed by atoms with Crippen LogP contribution in [-0.4, -0.2) is 15.9 Å². The molecule has 0 unspecified atom stereocenters. The number of carbonyl (C=O) groups is 1. The van der Waals surface area contributed by atoms with Gasteiger partial charge in [-0.25, -0.2) is 4.98 Å². The number of amides is 1. The van der Waals surface area contributed by atoms with E-state index in [2.05, 4.69) is 31.2 Å². The van der Waals surface area contributed by atoms with Crippen LogP contribution in [0.1, 0.15) is 11.1 Å². The Morgan fingerprint density at radius 3 is 2.74 bits per heavy atom. The van der Waals surface area contributed by atoms with Crippen molar-refractivity contribution in [3.63, 3.8) is 0 Å². The lowest BCUT2D eigenvalue weighted by Gasteiger charge is -2.07. The third-order valence-corrected chi connectivity index (χ3v) is 3.94. The first-order valence-corrected chi connectivity index (χ1v) is 8.10. The molecule has 5 heteroatoms. The molecule has 3 aromatic rings. The lowest BCUT2D eigenvalue weighted by molar-refractivity contribution is -0.120. The summed E-state index contributed by atoms with van der Waals surface area (Å²) in [6.45, 7) is 0.501. The molecule has 3 rings (SSSR count). The molecule has 2 aromatic carbocycles. The first-order valence-electron chi connectivity index (χ1n) is 7.30. The number of halogens is 1. The highest BCUT2D eigenvalue weighted by Gasteiger charge is 2.05. The van der Waals surface area contributed by atoms with Crippen molar-refractivity contribution < 1.29 is 4.79 Å². The Morgan fingerprint density at radius 1 is 1.13 bits per heavy atom. The molecule has 0 aliphatic rings. The lowest BCUT2D eigenvalue weighted by atomic mass is 10.1. The van der Waals surface area contributed by atoms with E-state index in [1.165, 1.54) is 0 Å². The minimum atomic E-state index is 0.00602. The van der Waals surface area contributed by atoms with Gasteiger partial charge < -0.3 is 10.3 Å². The van der Waals surface area contributed by atoms with Crippen LogP contribution >= 0.6 is 15.9 Å². The average Bonchev–Trinajstić information content (AvgIpc) is 3.08. The molecule has 1 aromatic heterocycles. The summed E-state index contributed by atoms with van der Waals surface area (Å²) < 4.78 is 0.981. The highest BCUT2D eigenvalue weighted by Crippen LogP contribution is 2.16. The van der Waals surface area contributed by atoms with Gasteiger partial charge in [0.05, 0.1) is 6.42 Å². The van der Waals surface area contributed by atoms with Crippen molar-refractivity contribution in [2.75, 3.05) is 0 Å². The van der Waals surface area contributed by atoms with Crippen molar-refractivity contribution in [3.8, 4) is 11.4 Å². The van der Waals surface area contributed by atoms with Crippen LogP contribution in [0.25, 0.3) is 11.4 Å². The zero-order chi connectivity index (χ0) is 16.1. The maximum absolute atomic E-state index is 12.1. The van der Waals surface area contributed by atoms with Gasteiger partial charge in [0.15, 0.2) is 0 Å². The summed E-state index contributed by atoms with van der Waals surface area (Å²) in [5.74, 6) is 0.832. The molecule has 2 N–H and O–H groups in total. The number of hydrogen-bond acceptors (Lipinski definition) is 2. The van der Waals surface area contributed by atoms with Crippen LogP contribution in [0.3, 0.4) is 0 Å². The van der Waals surface area contributed by atoms with Crippen molar-refractivity contribution in [1.29, 1.82) is 0 Å². The molecular weight excluding hydrogens is 354 g/mol. The maximum atomic E-state index is 12.1. The number of aromatic amines is 1. The zero-order valence-corrected chi connectivity index (χ0v) is 14.0. The fraction of sp³-hybridized carbons (Fsp3) is 0.111. The number of nitrogens with one attached hydrogen (secondary N) is 2. The van der Waals surface area contributed by atoms with E-state index in [1.807, 2.05) is 48.5 Å². The number of carbonyl (C=O) groups excluding carboxylic acids is 1. The van der Waals surface area contributed by atoms with E-state index in [-0.39, 0.29) is 5.91 Å². The molecule has 0 aliphatic heterocycles. The Hall–Kier alpha value is -2.40. The molecule has 0 fully saturated rings. The van der Waals surface area contributed by atoms with Gasteiger partial charge in [-0.1, -0.05) is 46.3 Å². The second-order valence-electron chi connectivity index (χ2n) is 5.22. The molecule has 1 amide bonds. The molecule has 0 radical (unpaired) electrons. The monoisotopic (exact) mass is 369 g/mol. The van der Waals surface area contributed by atoms with Gasteiger partial charge in [-0.3, -0.25) is 4.79 Å². The molecule has 1 heterocycles. The fourth-order valence-corrected chi connectivity index (χ4v) is 2.79. The molecule has 0 atom stereocenters. The highest BCUT2D eigenvalue weighted by molar-refractivity contribution is 9.10. The largest absolute Gasteiger partial charge is 0.352 e. The van der Waals surface area contributed by atoms with Gasteiger partial charge >= 0.3 is 0 Å². The summed E-state index contributed by atoms with van der Waals surface area (Å²) in [5.41, 5.74) is 3.04. The number of hydrogen-bond donors (Lipinski definition) is 2. The molecule has 0 aliphatic carbocycles. The zero-order valence-electron chi connectivity index (χ0n) is 12.4. The van der Waals surface area contributed by atoms with Gasteiger partial charge in [0.25, 0.3) is 0 Å². The van der Waals surface area contributed by atoms with E-state index < -0.39 is 0 Å². The quantitative estimate of drug-likeness (QED) is 0.720. The van der Waals surface area contributed by atoms with Crippen LogP contribution < -0.4 is 5.32 Å². The van der Waals surface area contributed by atoms with E-state index in [0.29, 0.717) is 13.0 Å². The van der Waals surface area contributed by atoms with E-state index in [9.17, 15) is 4.79 Å². The average molecular weight is 370 g/mol. The summed E-state index contributed by atoms with van der Waals surface area (Å²) in [7, 11) is 0. The molecule has 4 nitrogen and oxygen atoms in total.